The third-order valence-electron chi connectivity index (χ3n) is 2.96. The van der Waals surface area contributed by atoms with Gasteiger partial charge < -0.3 is 5.32 Å². The molecule has 0 radical (unpaired) electrons. The molecule has 0 saturated carbocycles. The van der Waals surface area contributed by atoms with Crippen LogP contribution >= 0.6 is 11.6 Å². The molecule has 0 spiro atoms. The van der Waals surface area contributed by atoms with Crippen molar-refractivity contribution in [3.8, 4) is 0 Å². The standard InChI is InChI=1S/C14H21ClFN/c1-10(2)17-8-7-14(3,4)12-9-11(16)5-6-13(12)15/h5-6,9-10,17H,7-8H2,1-4H3. The van der Waals surface area contributed by atoms with E-state index in [1.807, 2.05) is 0 Å². The van der Waals surface area contributed by atoms with Gasteiger partial charge in [-0.3, -0.25) is 0 Å². The molecule has 1 N–H and O–H groups in total. The lowest BCUT2D eigenvalue weighted by molar-refractivity contribution is 0.439. The lowest BCUT2D eigenvalue weighted by atomic mass is 9.81. The van der Waals surface area contributed by atoms with Gasteiger partial charge in [0.05, 0.1) is 0 Å². The molecule has 0 aliphatic heterocycles. The summed E-state index contributed by atoms with van der Waals surface area (Å²) >= 11 is 6.14. The molecule has 0 atom stereocenters. The first-order valence-corrected chi connectivity index (χ1v) is 6.39. The summed E-state index contributed by atoms with van der Waals surface area (Å²) in [6, 6.07) is 5.03. The summed E-state index contributed by atoms with van der Waals surface area (Å²) in [5.41, 5.74) is 0.755. The highest BCUT2D eigenvalue weighted by molar-refractivity contribution is 6.31. The van der Waals surface area contributed by atoms with E-state index in [0.29, 0.717) is 11.1 Å². The van der Waals surface area contributed by atoms with Crippen molar-refractivity contribution in [1.29, 1.82) is 0 Å². The highest BCUT2D eigenvalue weighted by Gasteiger charge is 2.23. The van der Waals surface area contributed by atoms with Gasteiger partial charge in [-0.15, -0.1) is 0 Å². The zero-order valence-corrected chi connectivity index (χ0v) is 11.7. The van der Waals surface area contributed by atoms with E-state index in [0.717, 1.165) is 18.5 Å². The van der Waals surface area contributed by atoms with E-state index in [4.69, 9.17) is 11.6 Å². The molecule has 0 unspecified atom stereocenters. The Morgan fingerprint density at radius 2 is 2.00 bits per heavy atom. The lowest BCUT2D eigenvalue weighted by Gasteiger charge is -2.27. The fourth-order valence-corrected chi connectivity index (χ4v) is 2.20. The topological polar surface area (TPSA) is 12.0 Å². The van der Waals surface area contributed by atoms with Crippen molar-refractivity contribution in [1.82, 2.24) is 5.32 Å². The summed E-state index contributed by atoms with van der Waals surface area (Å²) in [5.74, 6) is -0.228. The molecule has 0 heterocycles. The molecule has 1 aromatic rings. The summed E-state index contributed by atoms with van der Waals surface area (Å²) in [6.45, 7) is 9.31. The first kappa shape index (κ1) is 14.5. The van der Waals surface area contributed by atoms with Gasteiger partial charge in [0, 0.05) is 11.1 Å². The van der Waals surface area contributed by atoms with Gasteiger partial charge in [-0.05, 0) is 42.1 Å². The largest absolute Gasteiger partial charge is 0.315 e. The van der Waals surface area contributed by atoms with Crippen molar-refractivity contribution < 1.29 is 4.39 Å². The molecule has 0 aliphatic carbocycles. The Kier molecular flexibility index (Phi) is 4.96. The fourth-order valence-electron chi connectivity index (χ4n) is 1.82. The maximum absolute atomic E-state index is 13.3. The zero-order chi connectivity index (χ0) is 13.1. The van der Waals surface area contributed by atoms with E-state index < -0.39 is 0 Å². The first-order chi connectivity index (χ1) is 7.83. The van der Waals surface area contributed by atoms with Crippen molar-refractivity contribution in [2.24, 2.45) is 0 Å². The average Bonchev–Trinajstić information content (AvgIpc) is 2.20. The van der Waals surface area contributed by atoms with E-state index in [-0.39, 0.29) is 11.2 Å². The van der Waals surface area contributed by atoms with Crippen LogP contribution in [0.15, 0.2) is 18.2 Å². The van der Waals surface area contributed by atoms with Crippen molar-refractivity contribution in [3.05, 3.63) is 34.6 Å². The van der Waals surface area contributed by atoms with Crippen molar-refractivity contribution in [2.45, 2.75) is 45.6 Å². The molecule has 0 aliphatic rings. The minimum absolute atomic E-state index is 0.124. The third kappa shape index (κ3) is 4.29. The average molecular weight is 258 g/mol. The minimum atomic E-state index is -0.228. The summed E-state index contributed by atoms with van der Waals surface area (Å²) in [5, 5.41) is 4.01. The van der Waals surface area contributed by atoms with Gasteiger partial charge >= 0.3 is 0 Å². The fraction of sp³-hybridized carbons (Fsp3) is 0.571. The molecule has 1 nitrogen and oxygen atoms in total. The Bertz CT molecular complexity index is 374. The smallest absolute Gasteiger partial charge is 0.123 e. The van der Waals surface area contributed by atoms with E-state index >= 15 is 0 Å². The van der Waals surface area contributed by atoms with Crippen LogP contribution in [0.25, 0.3) is 0 Å². The summed E-state index contributed by atoms with van der Waals surface area (Å²) < 4.78 is 13.3. The molecule has 17 heavy (non-hydrogen) atoms. The Morgan fingerprint density at radius 1 is 1.35 bits per heavy atom. The van der Waals surface area contributed by atoms with Crippen LogP contribution < -0.4 is 5.32 Å². The summed E-state index contributed by atoms with van der Waals surface area (Å²) in [6.07, 6.45) is 0.925. The molecular weight excluding hydrogens is 237 g/mol. The highest BCUT2D eigenvalue weighted by Crippen LogP contribution is 2.32. The molecule has 96 valence electrons. The maximum atomic E-state index is 13.3. The Morgan fingerprint density at radius 3 is 2.59 bits per heavy atom. The Labute approximate surface area is 108 Å². The Balaban J connectivity index is 2.77. The normalized spacial score (nSPS) is 12.2. The van der Waals surface area contributed by atoms with Crippen LogP contribution in [-0.4, -0.2) is 12.6 Å². The number of nitrogens with one attached hydrogen (secondary N) is 1. The molecule has 1 aromatic carbocycles. The van der Waals surface area contributed by atoms with Gasteiger partial charge in [0.1, 0.15) is 5.82 Å². The van der Waals surface area contributed by atoms with E-state index in [2.05, 4.69) is 33.0 Å². The number of hydrogen-bond donors (Lipinski definition) is 1. The molecule has 0 saturated heterocycles. The van der Waals surface area contributed by atoms with Crippen LogP contribution in [0.4, 0.5) is 4.39 Å². The van der Waals surface area contributed by atoms with Crippen molar-refractivity contribution in [2.75, 3.05) is 6.54 Å². The van der Waals surface area contributed by atoms with Crippen LogP contribution in [-0.2, 0) is 5.41 Å². The molecule has 0 fully saturated rings. The molecular formula is C14H21ClFN. The van der Waals surface area contributed by atoms with Crippen LogP contribution in [0.5, 0.6) is 0 Å². The maximum Gasteiger partial charge on any atom is 0.123 e. The van der Waals surface area contributed by atoms with Crippen LogP contribution in [0.3, 0.4) is 0 Å². The number of rotatable bonds is 5. The van der Waals surface area contributed by atoms with E-state index in [1.165, 1.54) is 12.1 Å². The number of benzene rings is 1. The van der Waals surface area contributed by atoms with Crippen molar-refractivity contribution in [3.63, 3.8) is 0 Å². The molecule has 3 heteroatoms. The monoisotopic (exact) mass is 257 g/mol. The second-order valence-electron chi connectivity index (χ2n) is 5.37. The molecule has 1 rings (SSSR count). The van der Waals surface area contributed by atoms with Crippen LogP contribution in [0, 0.1) is 5.82 Å². The van der Waals surface area contributed by atoms with Crippen molar-refractivity contribution >= 4 is 11.6 Å². The predicted molar refractivity (Wildman–Crippen MR) is 72.2 cm³/mol. The predicted octanol–water partition coefficient (Wildman–Crippen LogP) is 4.14. The summed E-state index contributed by atoms with van der Waals surface area (Å²) in [4.78, 5) is 0. The molecule has 0 amide bonds. The summed E-state index contributed by atoms with van der Waals surface area (Å²) in [7, 11) is 0. The Hall–Kier alpha value is -0.600. The highest BCUT2D eigenvalue weighted by atomic mass is 35.5. The van der Waals surface area contributed by atoms with E-state index in [9.17, 15) is 4.39 Å². The van der Waals surface area contributed by atoms with Gasteiger partial charge in [-0.25, -0.2) is 4.39 Å². The van der Waals surface area contributed by atoms with Gasteiger partial charge in [-0.1, -0.05) is 39.3 Å². The number of halogens is 2. The number of hydrogen-bond acceptors (Lipinski definition) is 1. The minimum Gasteiger partial charge on any atom is -0.315 e. The zero-order valence-electron chi connectivity index (χ0n) is 11.0. The van der Waals surface area contributed by atoms with E-state index in [1.54, 1.807) is 6.07 Å². The van der Waals surface area contributed by atoms with Gasteiger partial charge in [0.15, 0.2) is 0 Å². The molecule has 0 bridgehead atoms. The molecule has 0 aromatic heterocycles. The second kappa shape index (κ2) is 5.83. The lowest BCUT2D eigenvalue weighted by Crippen LogP contribution is -2.29. The third-order valence-corrected chi connectivity index (χ3v) is 3.29. The quantitative estimate of drug-likeness (QED) is 0.836. The van der Waals surface area contributed by atoms with Gasteiger partial charge in [-0.2, -0.15) is 0 Å². The second-order valence-corrected chi connectivity index (χ2v) is 5.77. The van der Waals surface area contributed by atoms with Crippen LogP contribution in [0.2, 0.25) is 5.02 Å². The van der Waals surface area contributed by atoms with Crippen LogP contribution in [0.1, 0.15) is 39.7 Å². The SMILES string of the molecule is CC(C)NCCC(C)(C)c1cc(F)ccc1Cl. The van der Waals surface area contributed by atoms with Gasteiger partial charge in [0.2, 0.25) is 0 Å². The first-order valence-electron chi connectivity index (χ1n) is 6.02. The van der Waals surface area contributed by atoms with Gasteiger partial charge in [0.25, 0.3) is 0 Å².